The maximum atomic E-state index is 12.2. The van der Waals surface area contributed by atoms with Crippen molar-refractivity contribution in [1.29, 1.82) is 0 Å². The molecule has 8 nitrogen and oxygen atoms in total. The van der Waals surface area contributed by atoms with Crippen molar-refractivity contribution >= 4 is 11.6 Å². The number of carbonyl (C=O) groups is 2. The first-order valence-corrected chi connectivity index (χ1v) is 29.4. The lowest BCUT2D eigenvalue weighted by atomic mass is 9.56. The molecule has 8 fully saturated rings. The zero-order valence-electron chi connectivity index (χ0n) is 45.8. The molecular weight excluding hydrogens is 865 g/mol. The number of hydrogen-bond donors (Lipinski definition) is 1. The lowest BCUT2D eigenvalue weighted by Crippen LogP contribution is -2.53. The van der Waals surface area contributed by atoms with Crippen molar-refractivity contribution in [1.82, 2.24) is 14.7 Å². The molecular formula is C62H96N4O4. The summed E-state index contributed by atoms with van der Waals surface area (Å²) in [6.45, 7) is 26.1. The predicted octanol–water partition coefficient (Wildman–Crippen LogP) is 11.1. The molecule has 8 heteroatoms. The van der Waals surface area contributed by atoms with E-state index in [4.69, 9.17) is 15.2 Å². The highest BCUT2D eigenvalue weighted by Gasteiger charge is 2.62. The van der Waals surface area contributed by atoms with Crippen molar-refractivity contribution in [2.75, 3.05) is 53.4 Å². The van der Waals surface area contributed by atoms with Gasteiger partial charge in [0.2, 0.25) is 0 Å². The van der Waals surface area contributed by atoms with Gasteiger partial charge in [-0.2, -0.15) is 0 Å². The van der Waals surface area contributed by atoms with E-state index in [9.17, 15) is 9.59 Å². The molecule has 0 bridgehead atoms. The smallest absolute Gasteiger partial charge is 0.155 e. The van der Waals surface area contributed by atoms with Gasteiger partial charge in [0.05, 0.1) is 23.4 Å². The SMILES string of the molecule is CC1=C2C[C@H]3[C@@H](CCC4=CC(=O)CC[C@@]43C)[C@@H]2CC[C@@]2(C1)O[C@@H]1C[C@H](C)CN(CCN(C)C)[C@H]1[C@H]2C.CC1=C2C[C@H]3[C@@H](CCC4=CC(=O)CC[C@@]43C)[C@@H]2CC[C@@]2(C1)O[C@@H]1C[C@H](C)CN(CCN)[C@H]1[C@H]2C. The van der Waals surface area contributed by atoms with E-state index in [0.29, 0.717) is 59.5 Å². The van der Waals surface area contributed by atoms with E-state index in [2.05, 4.69) is 84.2 Å². The molecule has 4 saturated heterocycles. The van der Waals surface area contributed by atoms with E-state index in [-0.39, 0.29) is 22.0 Å². The average Bonchev–Trinajstić information content (AvgIpc) is 3.98. The summed E-state index contributed by atoms with van der Waals surface area (Å²) in [7, 11) is 4.40. The molecule has 0 aromatic carbocycles. The third-order valence-electron chi connectivity index (χ3n) is 23.5. The second kappa shape index (κ2) is 18.7. The van der Waals surface area contributed by atoms with Gasteiger partial charge in [0.1, 0.15) is 0 Å². The van der Waals surface area contributed by atoms with Crippen LogP contribution in [0.4, 0.5) is 0 Å². The molecule has 0 aromatic heterocycles. The average molecular weight is 961 g/mol. The number of rotatable bonds is 5. The molecule has 4 heterocycles. The van der Waals surface area contributed by atoms with Crippen LogP contribution < -0.4 is 5.73 Å². The number of likely N-dealkylation sites (N-methyl/N-ethyl adjacent to an activating group) is 1. The highest BCUT2D eigenvalue weighted by molar-refractivity contribution is 5.92. The summed E-state index contributed by atoms with van der Waals surface area (Å²) in [5.41, 5.74) is 16.4. The van der Waals surface area contributed by atoms with Crippen LogP contribution in [0.25, 0.3) is 0 Å². The van der Waals surface area contributed by atoms with E-state index >= 15 is 0 Å². The van der Waals surface area contributed by atoms with Gasteiger partial charge in [-0.25, -0.2) is 0 Å². The molecule has 0 radical (unpaired) electrons. The van der Waals surface area contributed by atoms with Gasteiger partial charge in [-0.1, -0.05) is 75.0 Å². The summed E-state index contributed by atoms with van der Waals surface area (Å²) in [6.07, 6.45) is 25.6. The molecule has 0 amide bonds. The second-order valence-corrected chi connectivity index (χ2v) is 27.7. The molecule has 18 atom stereocenters. The molecule has 4 saturated carbocycles. The van der Waals surface area contributed by atoms with Gasteiger partial charge < -0.3 is 20.1 Å². The minimum atomic E-state index is 0.00402. The number of likely N-dealkylation sites (tertiary alicyclic amines) is 2. The number of ether oxygens (including phenoxy) is 2. The van der Waals surface area contributed by atoms with Crippen molar-refractivity contribution < 1.29 is 19.1 Å². The topological polar surface area (TPSA) is 88.3 Å². The first kappa shape index (κ1) is 50.2. The highest BCUT2D eigenvalue weighted by Crippen LogP contribution is 2.66. The molecule has 0 aromatic rings. The number of carbonyl (C=O) groups excluding carboxylic acids is 2. The minimum absolute atomic E-state index is 0.00402. The third-order valence-corrected chi connectivity index (χ3v) is 23.5. The van der Waals surface area contributed by atoms with Crippen LogP contribution in [0.1, 0.15) is 171 Å². The Labute approximate surface area is 424 Å². The van der Waals surface area contributed by atoms with Crippen LogP contribution in [0.3, 0.4) is 0 Å². The Hall–Kier alpha value is -1.94. The molecule has 70 heavy (non-hydrogen) atoms. The number of allylic oxidation sites excluding steroid dienone is 6. The van der Waals surface area contributed by atoms with Gasteiger partial charge >= 0.3 is 0 Å². The minimum Gasteiger partial charge on any atom is -0.369 e. The fourth-order valence-electron chi connectivity index (χ4n) is 20.0. The van der Waals surface area contributed by atoms with Crippen molar-refractivity contribution in [3.05, 3.63) is 45.6 Å². The van der Waals surface area contributed by atoms with Crippen LogP contribution >= 0.6 is 0 Å². The first-order valence-electron chi connectivity index (χ1n) is 29.4. The summed E-state index contributed by atoms with van der Waals surface area (Å²) in [4.78, 5) is 32.1. The molecule has 2 spiro atoms. The van der Waals surface area contributed by atoms with Gasteiger partial charge in [0.25, 0.3) is 0 Å². The van der Waals surface area contributed by atoms with Gasteiger partial charge in [-0.05, 0) is 201 Å². The zero-order valence-corrected chi connectivity index (χ0v) is 45.8. The van der Waals surface area contributed by atoms with E-state index in [1.54, 1.807) is 22.3 Å². The Morgan fingerprint density at radius 1 is 0.643 bits per heavy atom. The van der Waals surface area contributed by atoms with Gasteiger partial charge in [0.15, 0.2) is 11.6 Å². The Morgan fingerprint density at radius 2 is 1.09 bits per heavy atom. The molecule has 8 aliphatic carbocycles. The summed E-state index contributed by atoms with van der Waals surface area (Å²) < 4.78 is 14.4. The largest absolute Gasteiger partial charge is 0.369 e. The quantitative estimate of drug-likeness (QED) is 0.273. The van der Waals surface area contributed by atoms with Crippen LogP contribution in [0.5, 0.6) is 0 Å². The fraction of sp³-hybridized carbons (Fsp3) is 0.839. The number of ketones is 2. The normalized spacial score (nSPS) is 47.8. The zero-order chi connectivity index (χ0) is 49.2. The van der Waals surface area contributed by atoms with Crippen LogP contribution in [0.2, 0.25) is 0 Å². The van der Waals surface area contributed by atoms with Gasteiger partial charge in [-0.3, -0.25) is 19.4 Å². The van der Waals surface area contributed by atoms with Gasteiger partial charge in [-0.15, -0.1) is 0 Å². The lowest BCUT2D eigenvalue weighted by molar-refractivity contribution is -0.117. The second-order valence-electron chi connectivity index (χ2n) is 27.7. The van der Waals surface area contributed by atoms with E-state index in [0.717, 1.165) is 113 Å². The number of nitrogens with two attached hydrogens (primary N) is 1. The fourth-order valence-corrected chi connectivity index (χ4v) is 20.0. The van der Waals surface area contributed by atoms with Crippen LogP contribution in [0.15, 0.2) is 45.6 Å². The van der Waals surface area contributed by atoms with Crippen LogP contribution in [-0.2, 0) is 19.1 Å². The Balaban J connectivity index is 0.000000153. The van der Waals surface area contributed by atoms with Crippen LogP contribution in [-0.4, -0.2) is 115 Å². The van der Waals surface area contributed by atoms with E-state index in [1.807, 2.05) is 12.2 Å². The lowest BCUT2D eigenvalue weighted by Gasteiger charge is -2.48. The maximum Gasteiger partial charge on any atom is 0.155 e. The molecule has 12 rings (SSSR count). The van der Waals surface area contributed by atoms with Gasteiger partial charge in [0, 0.05) is 76.0 Å². The maximum absolute atomic E-state index is 12.2. The Kier molecular flexibility index (Phi) is 13.4. The summed E-state index contributed by atoms with van der Waals surface area (Å²) in [5.74, 6) is 7.83. The van der Waals surface area contributed by atoms with Crippen molar-refractivity contribution in [2.24, 2.45) is 75.7 Å². The van der Waals surface area contributed by atoms with E-state index < -0.39 is 0 Å². The van der Waals surface area contributed by atoms with Crippen molar-refractivity contribution in [3.63, 3.8) is 0 Å². The summed E-state index contributed by atoms with van der Waals surface area (Å²) in [5, 5.41) is 0. The molecule has 12 aliphatic rings. The third kappa shape index (κ3) is 8.25. The summed E-state index contributed by atoms with van der Waals surface area (Å²) >= 11 is 0. The summed E-state index contributed by atoms with van der Waals surface area (Å²) in [6, 6.07) is 1.11. The number of nitrogens with zero attached hydrogens (tertiary/aromatic N) is 3. The number of hydrogen-bond acceptors (Lipinski definition) is 8. The Bertz CT molecular complexity index is 2190. The molecule has 0 unspecified atom stereocenters. The molecule has 4 aliphatic heterocycles. The van der Waals surface area contributed by atoms with Crippen LogP contribution in [0, 0.1) is 70.0 Å². The Morgan fingerprint density at radius 3 is 1.51 bits per heavy atom. The standard InChI is InChI=1S/C32H50N2O2.C30H46N2O2/c1-20-15-29-30(34(19-20)14-13-33(5)6)22(3)32(36-29)12-10-25-26-8-7-23-16-24(35)9-11-31(23,4)28(26)17-27(25)21(2)18-32;1-18-13-27-28(32(17-18)12-11-31)20(3)30(34-27)10-8-23-24-6-5-21-14-22(33)7-9-29(21,4)26(24)15-25(23)19(2)16-30/h16,20,22,25-26,28-30H,7-15,17-19H2,1-6H3;14,18,20,23-24,26-28H,5-13,15-17,31H2,1-4H3/t20-,22+,25-,26-,28-,29+,30-,31-,32-;18-,20+,23-,24-,26-,27+,28-,29-,30-/m00/s1. The monoisotopic (exact) mass is 961 g/mol. The predicted molar refractivity (Wildman–Crippen MR) is 282 cm³/mol. The molecule has 388 valence electrons. The highest BCUT2D eigenvalue weighted by atomic mass is 16.5. The van der Waals surface area contributed by atoms with Crippen molar-refractivity contribution in [3.8, 4) is 0 Å². The number of fused-ring (bicyclic) bond motifs is 12. The number of piperidine rings is 2. The van der Waals surface area contributed by atoms with E-state index in [1.165, 1.54) is 88.4 Å². The molecule has 2 N–H and O–H groups in total. The van der Waals surface area contributed by atoms with Crippen molar-refractivity contribution in [2.45, 2.75) is 206 Å². The first-order chi connectivity index (χ1) is 33.4.